The maximum absolute atomic E-state index is 4.39. The molecular weight excluding hydrogens is 250 g/mol. The molecule has 1 rings (SSSR count). The van der Waals surface area contributed by atoms with Gasteiger partial charge in [0.1, 0.15) is 18.0 Å². The lowest BCUT2D eigenvalue weighted by Gasteiger charge is -2.24. The topological polar surface area (TPSA) is 53.1 Å². The Hall–Kier alpha value is -1.36. The number of nitrogens with one attached hydrogen (secondary N) is 2. The maximum atomic E-state index is 4.39. The van der Waals surface area contributed by atoms with Crippen LogP contribution >= 0.6 is 0 Å². The van der Waals surface area contributed by atoms with Gasteiger partial charge in [0.15, 0.2) is 0 Å². The van der Waals surface area contributed by atoms with Gasteiger partial charge in [0.2, 0.25) is 0 Å². The Labute approximate surface area is 123 Å². The normalized spacial score (nSPS) is 12.5. The highest BCUT2D eigenvalue weighted by atomic mass is 15.1. The number of hydrogen-bond donors (Lipinski definition) is 2. The van der Waals surface area contributed by atoms with E-state index < -0.39 is 0 Å². The van der Waals surface area contributed by atoms with Crippen molar-refractivity contribution in [3.63, 3.8) is 0 Å². The molecule has 1 aromatic heterocycles. The van der Waals surface area contributed by atoms with E-state index in [0.29, 0.717) is 6.04 Å². The molecule has 0 amide bonds. The van der Waals surface area contributed by atoms with Gasteiger partial charge in [-0.15, -0.1) is 0 Å². The predicted molar refractivity (Wildman–Crippen MR) is 86.4 cm³/mol. The van der Waals surface area contributed by atoms with Crippen molar-refractivity contribution < 1.29 is 0 Å². The van der Waals surface area contributed by atoms with Crippen molar-refractivity contribution in [2.24, 2.45) is 0 Å². The van der Waals surface area contributed by atoms with Crippen molar-refractivity contribution in [3.05, 3.63) is 11.9 Å². The molecule has 1 aromatic rings. The molecule has 0 saturated heterocycles. The van der Waals surface area contributed by atoms with Crippen LogP contribution in [-0.2, 0) is 6.42 Å². The average Bonchev–Trinajstić information content (AvgIpc) is 2.47. The molecule has 1 heterocycles. The second-order valence-corrected chi connectivity index (χ2v) is 5.21. The lowest BCUT2D eigenvalue weighted by molar-refractivity contribution is 0.261. The minimum absolute atomic E-state index is 0.616. The fourth-order valence-corrected chi connectivity index (χ4v) is 2.15. The second-order valence-electron chi connectivity index (χ2n) is 5.21. The van der Waals surface area contributed by atoms with Crippen molar-refractivity contribution >= 4 is 11.6 Å². The van der Waals surface area contributed by atoms with Gasteiger partial charge in [-0.25, -0.2) is 9.97 Å². The Kier molecular flexibility index (Phi) is 7.30. The average molecular weight is 279 g/mol. The van der Waals surface area contributed by atoms with Crippen molar-refractivity contribution in [1.29, 1.82) is 0 Å². The van der Waals surface area contributed by atoms with Crippen molar-refractivity contribution in [2.45, 2.75) is 46.1 Å². The van der Waals surface area contributed by atoms with E-state index in [1.54, 1.807) is 6.33 Å². The van der Waals surface area contributed by atoms with Gasteiger partial charge in [-0.2, -0.15) is 0 Å². The molecule has 0 saturated carbocycles. The molecule has 0 aliphatic rings. The highest BCUT2D eigenvalue weighted by Crippen LogP contribution is 2.20. The van der Waals surface area contributed by atoms with Gasteiger partial charge < -0.3 is 15.5 Å². The predicted octanol–water partition coefficient (Wildman–Crippen LogP) is 2.61. The fraction of sp³-hybridized carbons (Fsp3) is 0.733. The summed E-state index contributed by atoms with van der Waals surface area (Å²) in [7, 11) is 4.07. The number of anilines is 2. The maximum Gasteiger partial charge on any atom is 0.134 e. The molecular formula is C15H29N5. The van der Waals surface area contributed by atoms with Crippen LogP contribution < -0.4 is 10.6 Å². The smallest absolute Gasteiger partial charge is 0.134 e. The second kappa shape index (κ2) is 8.74. The van der Waals surface area contributed by atoms with E-state index in [4.69, 9.17) is 0 Å². The molecule has 0 aliphatic heterocycles. The first-order valence-electron chi connectivity index (χ1n) is 7.59. The van der Waals surface area contributed by atoms with Crippen LogP contribution in [0.1, 0.15) is 39.2 Å². The summed E-state index contributed by atoms with van der Waals surface area (Å²) in [6.07, 6.45) is 4.87. The van der Waals surface area contributed by atoms with Crippen LogP contribution in [0.5, 0.6) is 0 Å². The Morgan fingerprint density at radius 2 is 1.95 bits per heavy atom. The molecule has 1 atom stereocenters. The highest BCUT2D eigenvalue weighted by Gasteiger charge is 2.10. The molecule has 0 radical (unpaired) electrons. The molecule has 0 spiro atoms. The van der Waals surface area contributed by atoms with Crippen LogP contribution in [0, 0.1) is 0 Å². The zero-order chi connectivity index (χ0) is 15.0. The number of aromatic nitrogens is 2. The van der Waals surface area contributed by atoms with Crippen molar-refractivity contribution in [2.75, 3.05) is 37.8 Å². The third kappa shape index (κ3) is 4.63. The zero-order valence-electron chi connectivity index (χ0n) is 13.5. The molecule has 5 heteroatoms. The van der Waals surface area contributed by atoms with Crippen LogP contribution in [0.15, 0.2) is 6.33 Å². The third-order valence-electron chi connectivity index (χ3n) is 3.78. The molecule has 114 valence electrons. The first-order chi connectivity index (χ1) is 9.63. The number of likely N-dealkylation sites (N-methyl/N-ethyl adjacent to an activating group) is 1. The van der Waals surface area contributed by atoms with Crippen LogP contribution in [0.3, 0.4) is 0 Å². The molecule has 0 aromatic carbocycles. The van der Waals surface area contributed by atoms with Gasteiger partial charge in [0.25, 0.3) is 0 Å². The van der Waals surface area contributed by atoms with E-state index in [-0.39, 0.29) is 0 Å². The summed E-state index contributed by atoms with van der Waals surface area (Å²) in [4.78, 5) is 11.0. The van der Waals surface area contributed by atoms with Gasteiger partial charge in [0, 0.05) is 31.7 Å². The Bertz CT molecular complexity index is 394. The van der Waals surface area contributed by atoms with Gasteiger partial charge in [-0.3, -0.25) is 0 Å². The number of rotatable bonds is 9. The highest BCUT2D eigenvalue weighted by molar-refractivity contribution is 5.57. The van der Waals surface area contributed by atoms with E-state index in [2.05, 4.69) is 53.3 Å². The van der Waals surface area contributed by atoms with E-state index in [1.165, 1.54) is 12.0 Å². The van der Waals surface area contributed by atoms with Crippen molar-refractivity contribution in [1.82, 2.24) is 14.9 Å². The minimum Gasteiger partial charge on any atom is -0.373 e. The first kappa shape index (κ1) is 16.7. The van der Waals surface area contributed by atoms with E-state index >= 15 is 0 Å². The summed E-state index contributed by atoms with van der Waals surface area (Å²) in [6, 6.07) is 0.616. The Morgan fingerprint density at radius 1 is 1.25 bits per heavy atom. The summed E-state index contributed by atoms with van der Waals surface area (Å²) in [5, 5.41) is 6.60. The third-order valence-corrected chi connectivity index (χ3v) is 3.78. The molecule has 20 heavy (non-hydrogen) atoms. The van der Waals surface area contributed by atoms with Crippen LogP contribution in [0.25, 0.3) is 0 Å². The Balaban J connectivity index is 2.63. The summed E-state index contributed by atoms with van der Waals surface area (Å²) in [5.41, 5.74) is 1.18. The quantitative estimate of drug-likeness (QED) is 0.728. The zero-order valence-corrected chi connectivity index (χ0v) is 13.5. The van der Waals surface area contributed by atoms with Crippen LogP contribution in [0.4, 0.5) is 11.6 Å². The molecule has 1 unspecified atom stereocenters. The standard InChI is InChI=1S/C15H29N5/c1-6-8-13-14(16-4)18-11-19-15(13)17-9-10-20(5)12(3)7-2/h11-12H,6-10H2,1-5H3,(H2,16,17,18,19). The summed E-state index contributed by atoms with van der Waals surface area (Å²) >= 11 is 0. The first-order valence-corrected chi connectivity index (χ1v) is 7.59. The fourth-order valence-electron chi connectivity index (χ4n) is 2.15. The largest absolute Gasteiger partial charge is 0.373 e. The Morgan fingerprint density at radius 3 is 2.55 bits per heavy atom. The van der Waals surface area contributed by atoms with Gasteiger partial charge in [0.05, 0.1) is 0 Å². The van der Waals surface area contributed by atoms with Gasteiger partial charge >= 0.3 is 0 Å². The van der Waals surface area contributed by atoms with Crippen molar-refractivity contribution in [3.8, 4) is 0 Å². The van der Waals surface area contributed by atoms with Gasteiger partial charge in [-0.1, -0.05) is 20.3 Å². The monoisotopic (exact) mass is 279 g/mol. The summed E-state index contributed by atoms with van der Waals surface area (Å²) in [5.74, 6) is 1.89. The lowest BCUT2D eigenvalue weighted by Crippen LogP contribution is -2.33. The SMILES string of the molecule is CCCc1c(NC)ncnc1NCCN(C)C(C)CC. The molecule has 5 nitrogen and oxygen atoms in total. The number of nitrogens with zero attached hydrogens (tertiary/aromatic N) is 3. The summed E-state index contributed by atoms with van der Waals surface area (Å²) in [6.45, 7) is 8.56. The molecule has 0 fully saturated rings. The van der Waals surface area contributed by atoms with Crippen LogP contribution in [-0.4, -0.2) is 48.1 Å². The van der Waals surface area contributed by atoms with E-state index in [9.17, 15) is 0 Å². The molecule has 2 N–H and O–H groups in total. The van der Waals surface area contributed by atoms with Gasteiger partial charge in [-0.05, 0) is 26.8 Å². The molecule has 0 aliphatic carbocycles. The minimum atomic E-state index is 0.616. The summed E-state index contributed by atoms with van der Waals surface area (Å²) < 4.78 is 0. The van der Waals surface area contributed by atoms with E-state index in [0.717, 1.165) is 37.6 Å². The molecule has 0 bridgehead atoms. The van der Waals surface area contributed by atoms with E-state index in [1.807, 2.05) is 7.05 Å². The number of hydrogen-bond acceptors (Lipinski definition) is 5. The lowest BCUT2D eigenvalue weighted by atomic mass is 10.1. The van der Waals surface area contributed by atoms with Crippen LogP contribution in [0.2, 0.25) is 0 Å².